The third-order valence-electron chi connectivity index (χ3n) is 4.46. The van der Waals surface area contributed by atoms with Gasteiger partial charge >= 0.3 is 6.09 Å². The molecule has 2 aromatic carbocycles. The van der Waals surface area contributed by atoms with Crippen LogP contribution in [-0.2, 0) is 10.2 Å². The number of carbonyl (C=O) groups is 2. The molecule has 0 aliphatic heterocycles. The molecule has 3 rings (SSSR count). The molecule has 34 heavy (non-hydrogen) atoms. The first-order chi connectivity index (χ1) is 15.8. The van der Waals surface area contributed by atoms with E-state index in [-0.39, 0.29) is 11.3 Å². The lowest BCUT2D eigenvalue weighted by Crippen LogP contribution is -2.27. The van der Waals surface area contributed by atoms with Crippen LogP contribution in [0.15, 0.2) is 48.7 Å². The molecule has 0 bridgehead atoms. The summed E-state index contributed by atoms with van der Waals surface area (Å²) < 4.78 is 11.1. The highest BCUT2D eigenvalue weighted by Crippen LogP contribution is 2.32. The van der Waals surface area contributed by atoms with Crippen LogP contribution in [0.3, 0.4) is 0 Å². The molecule has 4 N–H and O–H groups in total. The average molecular weight is 483 g/mol. The zero-order chi connectivity index (χ0) is 25.1. The number of hydrogen-bond donors (Lipinski definition) is 3. The van der Waals surface area contributed by atoms with E-state index in [0.29, 0.717) is 33.6 Å². The monoisotopic (exact) mass is 482 g/mol. The van der Waals surface area contributed by atoms with Crippen molar-refractivity contribution in [3.63, 3.8) is 0 Å². The molecule has 180 valence electrons. The van der Waals surface area contributed by atoms with Crippen LogP contribution in [0, 0.1) is 0 Å². The highest BCUT2D eigenvalue weighted by Gasteiger charge is 2.19. The van der Waals surface area contributed by atoms with Gasteiger partial charge in [0.15, 0.2) is 5.13 Å². The number of anilines is 3. The van der Waals surface area contributed by atoms with Crippen LogP contribution < -0.4 is 21.1 Å². The number of rotatable bonds is 5. The Labute approximate surface area is 203 Å². The van der Waals surface area contributed by atoms with Crippen LogP contribution in [-0.4, -0.2) is 22.6 Å². The van der Waals surface area contributed by atoms with Crippen molar-refractivity contribution in [2.45, 2.75) is 52.6 Å². The molecular weight excluding hydrogens is 452 g/mol. The normalized spacial score (nSPS) is 11.6. The van der Waals surface area contributed by atoms with E-state index in [9.17, 15) is 9.59 Å². The van der Waals surface area contributed by atoms with Crippen molar-refractivity contribution in [2.24, 2.45) is 0 Å². The molecule has 0 spiro atoms. The van der Waals surface area contributed by atoms with Crippen LogP contribution >= 0.6 is 11.3 Å². The SMILES string of the molecule is CC(C)(C)OC(=O)Nc1ccc(Oc2ccc(C(=O)Nc3ncc(C(C)(C)C)s3)cc2N)cc1. The minimum Gasteiger partial charge on any atom is -0.455 e. The highest BCUT2D eigenvalue weighted by atomic mass is 32.1. The van der Waals surface area contributed by atoms with Crippen molar-refractivity contribution in [1.82, 2.24) is 4.98 Å². The van der Waals surface area contributed by atoms with Crippen LogP contribution in [0.5, 0.6) is 11.5 Å². The maximum Gasteiger partial charge on any atom is 0.412 e. The second-order valence-electron chi connectivity index (χ2n) is 9.74. The Morgan fingerprint density at radius 3 is 2.21 bits per heavy atom. The fourth-order valence-corrected chi connectivity index (χ4v) is 3.65. The molecule has 0 unspecified atom stereocenters. The van der Waals surface area contributed by atoms with Crippen LogP contribution in [0.25, 0.3) is 0 Å². The van der Waals surface area contributed by atoms with Crippen molar-refractivity contribution >= 4 is 39.8 Å². The number of thiazole rings is 1. The molecular formula is C25H30N4O4S. The lowest BCUT2D eigenvalue weighted by molar-refractivity contribution is 0.0635. The number of ether oxygens (including phenoxy) is 2. The van der Waals surface area contributed by atoms with Crippen molar-refractivity contribution in [1.29, 1.82) is 0 Å². The number of amides is 2. The fraction of sp³-hybridized carbons (Fsp3) is 0.320. The van der Waals surface area contributed by atoms with E-state index >= 15 is 0 Å². The van der Waals surface area contributed by atoms with Gasteiger partial charge < -0.3 is 15.2 Å². The zero-order valence-electron chi connectivity index (χ0n) is 20.2. The third kappa shape index (κ3) is 6.95. The summed E-state index contributed by atoms with van der Waals surface area (Å²) in [6, 6.07) is 11.6. The van der Waals surface area contributed by atoms with Crippen molar-refractivity contribution in [2.75, 3.05) is 16.4 Å². The molecule has 1 heterocycles. The lowest BCUT2D eigenvalue weighted by atomic mass is 9.96. The van der Waals surface area contributed by atoms with Crippen LogP contribution in [0.1, 0.15) is 56.8 Å². The van der Waals surface area contributed by atoms with Gasteiger partial charge in [-0.05, 0) is 68.7 Å². The number of hydrogen-bond acceptors (Lipinski definition) is 7. The van der Waals surface area contributed by atoms with Gasteiger partial charge in [-0.3, -0.25) is 15.4 Å². The summed E-state index contributed by atoms with van der Waals surface area (Å²) in [7, 11) is 0. The van der Waals surface area contributed by atoms with E-state index in [2.05, 4.69) is 36.4 Å². The number of nitrogens with one attached hydrogen (secondary N) is 2. The van der Waals surface area contributed by atoms with Gasteiger partial charge in [-0.1, -0.05) is 20.8 Å². The molecule has 8 nitrogen and oxygen atoms in total. The molecule has 0 fully saturated rings. The Balaban J connectivity index is 1.62. The summed E-state index contributed by atoms with van der Waals surface area (Å²) in [4.78, 5) is 29.9. The molecule has 0 radical (unpaired) electrons. The average Bonchev–Trinajstić information content (AvgIpc) is 3.18. The minimum atomic E-state index is -0.580. The first-order valence-electron chi connectivity index (χ1n) is 10.8. The Bertz CT molecular complexity index is 1170. The maximum absolute atomic E-state index is 12.6. The molecule has 0 aliphatic rings. The molecule has 1 aromatic heterocycles. The second kappa shape index (κ2) is 9.72. The Kier molecular flexibility index (Phi) is 7.16. The largest absolute Gasteiger partial charge is 0.455 e. The zero-order valence-corrected chi connectivity index (χ0v) is 21.0. The summed E-state index contributed by atoms with van der Waals surface area (Å²) in [5.74, 6) is 0.635. The van der Waals surface area contributed by atoms with E-state index in [4.69, 9.17) is 15.2 Å². The van der Waals surface area contributed by atoms with Gasteiger partial charge in [0, 0.05) is 22.3 Å². The van der Waals surface area contributed by atoms with Gasteiger partial charge in [0.25, 0.3) is 5.91 Å². The van der Waals surface area contributed by atoms with Crippen molar-refractivity contribution < 1.29 is 19.1 Å². The minimum absolute atomic E-state index is 0.0337. The Morgan fingerprint density at radius 2 is 1.65 bits per heavy atom. The van der Waals surface area contributed by atoms with E-state index in [1.165, 1.54) is 11.3 Å². The van der Waals surface area contributed by atoms with Crippen LogP contribution in [0.4, 0.5) is 21.3 Å². The summed E-state index contributed by atoms with van der Waals surface area (Å²) in [5, 5.41) is 6.01. The Hall–Kier alpha value is -3.59. The number of nitrogens with zero attached hydrogens (tertiary/aromatic N) is 1. The van der Waals surface area contributed by atoms with E-state index in [1.54, 1.807) is 69.4 Å². The predicted octanol–water partition coefficient (Wildman–Crippen LogP) is 6.41. The Morgan fingerprint density at radius 1 is 0.971 bits per heavy atom. The standard InChI is InChI=1S/C25H30N4O4S/c1-24(2,3)20-14-27-22(34-20)29-21(30)15-7-12-19(18(26)13-15)32-17-10-8-16(9-11-17)28-23(31)33-25(4,5)6/h7-14H,26H2,1-6H3,(H,28,31)(H,27,29,30). The van der Waals surface area contributed by atoms with Gasteiger partial charge in [0.1, 0.15) is 17.1 Å². The molecule has 2 amide bonds. The predicted molar refractivity (Wildman–Crippen MR) is 136 cm³/mol. The lowest BCUT2D eigenvalue weighted by Gasteiger charge is -2.19. The third-order valence-corrected chi connectivity index (χ3v) is 5.80. The molecule has 0 aliphatic carbocycles. The highest BCUT2D eigenvalue weighted by molar-refractivity contribution is 7.15. The van der Waals surface area contributed by atoms with Gasteiger partial charge in [-0.2, -0.15) is 0 Å². The number of benzene rings is 2. The summed E-state index contributed by atoms with van der Waals surface area (Å²) in [6.07, 6.45) is 1.24. The molecule has 0 saturated heterocycles. The van der Waals surface area contributed by atoms with Gasteiger partial charge in [0.2, 0.25) is 0 Å². The van der Waals surface area contributed by atoms with E-state index in [1.807, 2.05) is 0 Å². The molecule has 3 aromatic rings. The number of nitrogens with two attached hydrogens (primary N) is 1. The van der Waals surface area contributed by atoms with Gasteiger partial charge in [-0.25, -0.2) is 9.78 Å². The smallest absolute Gasteiger partial charge is 0.412 e. The van der Waals surface area contributed by atoms with E-state index in [0.717, 1.165) is 4.88 Å². The first-order valence-corrected chi connectivity index (χ1v) is 11.6. The number of nitrogen functional groups attached to an aromatic ring is 1. The summed E-state index contributed by atoms with van der Waals surface area (Å²) in [6.45, 7) is 11.7. The van der Waals surface area contributed by atoms with Gasteiger partial charge in [-0.15, -0.1) is 11.3 Å². The summed E-state index contributed by atoms with van der Waals surface area (Å²) in [5.41, 5.74) is 6.79. The summed E-state index contributed by atoms with van der Waals surface area (Å²) >= 11 is 1.45. The fourth-order valence-electron chi connectivity index (χ4n) is 2.79. The molecule has 0 saturated carbocycles. The first kappa shape index (κ1) is 25.0. The maximum atomic E-state index is 12.6. The quantitative estimate of drug-likeness (QED) is 0.362. The van der Waals surface area contributed by atoms with Crippen molar-refractivity contribution in [3.8, 4) is 11.5 Å². The molecule has 0 atom stereocenters. The molecule has 9 heteroatoms. The van der Waals surface area contributed by atoms with Crippen molar-refractivity contribution in [3.05, 3.63) is 59.1 Å². The second-order valence-corrected chi connectivity index (χ2v) is 10.8. The number of aromatic nitrogens is 1. The van der Waals surface area contributed by atoms with Gasteiger partial charge in [0.05, 0.1) is 5.69 Å². The topological polar surface area (TPSA) is 116 Å². The number of carbonyl (C=O) groups excluding carboxylic acids is 2. The van der Waals surface area contributed by atoms with Crippen LogP contribution in [0.2, 0.25) is 0 Å². The van der Waals surface area contributed by atoms with E-state index < -0.39 is 11.7 Å².